The number of unbranched alkanes of at least 4 members (excludes halogenated alkanes) is 3. The van der Waals surface area contributed by atoms with Crippen LogP contribution in [0.15, 0.2) is 52.9 Å². The lowest BCUT2D eigenvalue weighted by molar-refractivity contribution is -0.384. The van der Waals surface area contributed by atoms with Gasteiger partial charge in [0.2, 0.25) is 11.8 Å². The number of ether oxygens (including phenoxy) is 1. The first kappa shape index (κ1) is 18.6. The SMILES string of the molecule is CCCCCCOc1ccc(-c2nnc(-c3ccc([N+](=O)[O-])cc3)o2)cc1. The number of hydrogen-bond acceptors (Lipinski definition) is 6. The summed E-state index contributed by atoms with van der Waals surface area (Å²) >= 11 is 0. The molecular formula is C20H21N3O4. The molecule has 7 heteroatoms. The van der Waals surface area contributed by atoms with Crippen molar-refractivity contribution in [1.82, 2.24) is 10.2 Å². The molecule has 140 valence electrons. The molecule has 2 aromatic carbocycles. The summed E-state index contributed by atoms with van der Waals surface area (Å²) in [6.45, 7) is 2.90. The summed E-state index contributed by atoms with van der Waals surface area (Å²) < 4.78 is 11.4. The van der Waals surface area contributed by atoms with E-state index in [1.165, 1.54) is 31.4 Å². The average molecular weight is 367 g/mol. The van der Waals surface area contributed by atoms with E-state index in [1.54, 1.807) is 12.1 Å². The molecule has 0 saturated heterocycles. The van der Waals surface area contributed by atoms with E-state index in [2.05, 4.69) is 17.1 Å². The number of hydrogen-bond donors (Lipinski definition) is 0. The molecule has 0 fully saturated rings. The Kier molecular flexibility index (Phi) is 6.14. The van der Waals surface area contributed by atoms with Gasteiger partial charge in [-0.1, -0.05) is 26.2 Å². The number of benzene rings is 2. The highest BCUT2D eigenvalue weighted by Gasteiger charge is 2.12. The highest BCUT2D eigenvalue weighted by atomic mass is 16.6. The third kappa shape index (κ3) is 4.91. The van der Waals surface area contributed by atoms with Gasteiger partial charge in [0.25, 0.3) is 5.69 Å². The second-order valence-corrected chi connectivity index (χ2v) is 6.15. The van der Waals surface area contributed by atoms with Crippen LogP contribution in [0, 0.1) is 10.1 Å². The molecule has 0 aliphatic heterocycles. The molecule has 0 saturated carbocycles. The van der Waals surface area contributed by atoms with Gasteiger partial charge in [0.05, 0.1) is 11.5 Å². The lowest BCUT2D eigenvalue weighted by Crippen LogP contribution is -1.96. The molecule has 7 nitrogen and oxygen atoms in total. The fourth-order valence-corrected chi connectivity index (χ4v) is 2.59. The van der Waals surface area contributed by atoms with E-state index in [0.717, 1.165) is 17.7 Å². The van der Waals surface area contributed by atoms with Gasteiger partial charge in [-0.25, -0.2) is 0 Å². The summed E-state index contributed by atoms with van der Waals surface area (Å²) in [5, 5.41) is 18.8. The Hall–Kier alpha value is -3.22. The lowest BCUT2D eigenvalue weighted by atomic mass is 10.2. The summed E-state index contributed by atoms with van der Waals surface area (Å²) in [6, 6.07) is 13.5. The summed E-state index contributed by atoms with van der Waals surface area (Å²) in [7, 11) is 0. The fourth-order valence-electron chi connectivity index (χ4n) is 2.59. The van der Waals surface area contributed by atoms with Crippen LogP contribution in [-0.2, 0) is 0 Å². The summed E-state index contributed by atoms with van der Waals surface area (Å²) in [5.74, 6) is 1.51. The van der Waals surface area contributed by atoms with E-state index in [-0.39, 0.29) is 5.69 Å². The molecule has 1 aromatic heterocycles. The Morgan fingerprint density at radius 3 is 2.07 bits per heavy atom. The van der Waals surface area contributed by atoms with E-state index in [9.17, 15) is 10.1 Å². The number of aromatic nitrogens is 2. The molecule has 0 N–H and O–H groups in total. The molecule has 0 amide bonds. The number of nitro benzene ring substituents is 1. The number of nitrogens with zero attached hydrogens (tertiary/aromatic N) is 3. The average Bonchev–Trinajstić information content (AvgIpc) is 3.18. The van der Waals surface area contributed by atoms with Crippen molar-refractivity contribution in [2.24, 2.45) is 0 Å². The zero-order chi connectivity index (χ0) is 19.1. The zero-order valence-corrected chi connectivity index (χ0v) is 15.1. The van der Waals surface area contributed by atoms with Crippen molar-refractivity contribution in [2.75, 3.05) is 6.61 Å². The second kappa shape index (κ2) is 8.93. The van der Waals surface area contributed by atoms with Crippen molar-refractivity contribution >= 4 is 5.69 Å². The van der Waals surface area contributed by atoms with Crippen LogP contribution in [0.3, 0.4) is 0 Å². The Morgan fingerprint density at radius 1 is 0.926 bits per heavy atom. The van der Waals surface area contributed by atoms with Gasteiger partial charge in [-0.15, -0.1) is 10.2 Å². The lowest BCUT2D eigenvalue weighted by Gasteiger charge is -2.06. The van der Waals surface area contributed by atoms with E-state index >= 15 is 0 Å². The number of nitro groups is 1. The molecule has 0 aliphatic carbocycles. The third-order valence-electron chi connectivity index (χ3n) is 4.12. The van der Waals surface area contributed by atoms with Crippen molar-refractivity contribution in [3.63, 3.8) is 0 Å². The minimum atomic E-state index is -0.448. The highest BCUT2D eigenvalue weighted by molar-refractivity contribution is 5.59. The van der Waals surface area contributed by atoms with Gasteiger partial charge in [0, 0.05) is 23.3 Å². The van der Waals surface area contributed by atoms with Gasteiger partial charge < -0.3 is 9.15 Å². The van der Waals surface area contributed by atoms with Crippen molar-refractivity contribution in [3.8, 4) is 28.7 Å². The van der Waals surface area contributed by atoms with Crippen LogP contribution >= 0.6 is 0 Å². The van der Waals surface area contributed by atoms with Crippen LogP contribution in [0.4, 0.5) is 5.69 Å². The summed E-state index contributed by atoms with van der Waals surface area (Å²) in [4.78, 5) is 10.3. The van der Waals surface area contributed by atoms with Crippen molar-refractivity contribution in [1.29, 1.82) is 0 Å². The van der Waals surface area contributed by atoms with E-state index < -0.39 is 4.92 Å². The van der Waals surface area contributed by atoms with E-state index in [4.69, 9.17) is 9.15 Å². The first-order chi connectivity index (χ1) is 13.2. The Labute approximate surface area is 157 Å². The predicted molar refractivity (Wildman–Crippen MR) is 101 cm³/mol. The first-order valence-electron chi connectivity index (χ1n) is 8.99. The summed E-state index contributed by atoms with van der Waals surface area (Å²) in [5.41, 5.74) is 1.43. The van der Waals surface area contributed by atoms with Gasteiger partial charge in [0.1, 0.15) is 5.75 Å². The van der Waals surface area contributed by atoms with Crippen molar-refractivity contribution < 1.29 is 14.1 Å². The van der Waals surface area contributed by atoms with Gasteiger partial charge in [-0.2, -0.15) is 0 Å². The topological polar surface area (TPSA) is 91.3 Å². The molecule has 27 heavy (non-hydrogen) atoms. The molecule has 0 spiro atoms. The third-order valence-corrected chi connectivity index (χ3v) is 4.12. The van der Waals surface area contributed by atoms with Gasteiger partial charge >= 0.3 is 0 Å². The maximum Gasteiger partial charge on any atom is 0.269 e. The highest BCUT2D eigenvalue weighted by Crippen LogP contribution is 2.26. The van der Waals surface area contributed by atoms with Gasteiger partial charge in [0.15, 0.2) is 0 Å². The molecule has 3 aromatic rings. The molecule has 3 rings (SSSR count). The van der Waals surface area contributed by atoms with Gasteiger partial charge in [-0.05, 0) is 42.8 Å². The van der Waals surface area contributed by atoms with E-state index in [1.807, 2.05) is 24.3 Å². The van der Waals surface area contributed by atoms with Crippen LogP contribution < -0.4 is 4.74 Å². The smallest absolute Gasteiger partial charge is 0.269 e. The maximum absolute atomic E-state index is 10.7. The standard InChI is InChI=1S/C20H21N3O4/c1-2-3-4-5-14-26-18-12-8-16(9-13-18)20-22-21-19(27-20)15-6-10-17(11-7-15)23(24)25/h6-13H,2-5,14H2,1H3. The Morgan fingerprint density at radius 2 is 1.52 bits per heavy atom. The minimum Gasteiger partial charge on any atom is -0.494 e. The largest absolute Gasteiger partial charge is 0.494 e. The molecule has 1 heterocycles. The van der Waals surface area contributed by atoms with Crippen molar-refractivity contribution in [2.45, 2.75) is 32.6 Å². The maximum atomic E-state index is 10.7. The van der Waals surface area contributed by atoms with Crippen LogP contribution in [0.5, 0.6) is 5.75 Å². The quantitative estimate of drug-likeness (QED) is 0.291. The molecule has 0 aliphatic rings. The van der Waals surface area contributed by atoms with Crippen LogP contribution in [0.1, 0.15) is 32.6 Å². The van der Waals surface area contributed by atoms with Crippen molar-refractivity contribution in [3.05, 3.63) is 58.6 Å². The van der Waals surface area contributed by atoms with Crippen LogP contribution in [0.2, 0.25) is 0 Å². The molecule has 0 atom stereocenters. The second-order valence-electron chi connectivity index (χ2n) is 6.15. The predicted octanol–water partition coefficient (Wildman–Crippen LogP) is 5.27. The molecule has 0 unspecified atom stereocenters. The van der Waals surface area contributed by atoms with Gasteiger partial charge in [-0.3, -0.25) is 10.1 Å². The minimum absolute atomic E-state index is 0.0174. The number of rotatable bonds is 9. The Balaban J connectivity index is 1.63. The first-order valence-corrected chi connectivity index (χ1v) is 8.99. The zero-order valence-electron chi connectivity index (χ0n) is 15.1. The Bertz CT molecular complexity index is 873. The fraction of sp³-hybridized carbons (Fsp3) is 0.300. The van der Waals surface area contributed by atoms with E-state index in [0.29, 0.717) is 24.0 Å². The monoisotopic (exact) mass is 367 g/mol. The molecular weight excluding hydrogens is 346 g/mol. The normalized spacial score (nSPS) is 10.7. The number of non-ortho nitro benzene ring substituents is 1. The molecule has 0 radical (unpaired) electrons. The molecule has 0 bridgehead atoms. The summed E-state index contributed by atoms with van der Waals surface area (Å²) in [6.07, 6.45) is 4.68. The van der Waals surface area contributed by atoms with Crippen LogP contribution in [-0.4, -0.2) is 21.7 Å². The van der Waals surface area contributed by atoms with Crippen LogP contribution in [0.25, 0.3) is 22.9 Å².